The van der Waals surface area contributed by atoms with Gasteiger partial charge in [0.05, 0.1) is 25.5 Å². The highest BCUT2D eigenvalue weighted by molar-refractivity contribution is 7.09. The summed E-state index contributed by atoms with van der Waals surface area (Å²) in [5, 5.41) is 9.74. The normalized spacial score (nSPS) is 12.0. The quantitative estimate of drug-likeness (QED) is 0.390. The van der Waals surface area contributed by atoms with Crippen LogP contribution in [0.25, 0.3) is 0 Å². The van der Waals surface area contributed by atoms with E-state index in [0.29, 0.717) is 25.7 Å². The monoisotopic (exact) mass is 328 g/mol. The minimum Gasteiger partial charge on any atom is -0.382 e. The van der Waals surface area contributed by atoms with E-state index in [4.69, 9.17) is 9.47 Å². The molecule has 0 unspecified atom stereocenters. The van der Waals surface area contributed by atoms with Gasteiger partial charge in [-0.15, -0.1) is 11.3 Å². The molecule has 0 aliphatic carbocycles. The molecule has 1 rings (SSSR count). The van der Waals surface area contributed by atoms with Gasteiger partial charge >= 0.3 is 0 Å². The molecule has 1 aromatic rings. The van der Waals surface area contributed by atoms with Crippen LogP contribution in [0.15, 0.2) is 10.4 Å². The van der Waals surface area contributed by atoms with Crippen molar-refractivity contribution in [3.8, 4) is 0 Å². The third-order valence-electron chi connectivity index (χ3n) is 2.98. The lowest BCUT2D eigenvalue weighted by atomic mass is 10.2. The number of thiazole rings is 1. The number of guanidine groups is 1. The first-order valence-electron chi connectivity index (χ1n) is 7.62. The van der Waals surface area contributed by atoms with Crippen LogP contribution in [0.4, 0.5) is 0 Å². The van der Waals surface area contributed by atoms with Crippen molar-refractivity contribution in [3.05, 3.63) is 16.1 Å². The van der Waals surface area contributed by atoms with Crippen LogP contribution in [0.3, 0.4) is 0 Å². The molecule has 0 saturated carbocycles. The zero-order valence-electron chi connectivity index (χ0n) is 14.0. The first-order valence-corrected chi connectivity index (χ1v) is 8.50. The Morgan fingerprint density at radius 1 is 1.32 bits per heavy atom. The standard InChI is InChI=1S/C15H28N4O2S/c1-12(2)13-11-22-14(19-13)10-18-15(16-3)17-6-5-7-21-9-8-20-4/h11-12H,5-10H2,1-4H3,(H2,16,17,18). The third kappa shape index (κ3) is 7.72. The summed E-state index contributed by atoms with van der Waals surface area (Å²) >= 11 is 1.68. The number of hydrogen-bond acceptors (Lipinski definition) is 5. The van der Waals surface area contributed by atoms with Crippen LogP contribution in [0.5, 0.6) is 0 Å². The Morgan fingerprint density at radius 3 is 2.77 bits per heavy atom. The van der Waals surface area contributed by atoms with E-state index in [2.05, 4.69) is 39.8 Å². The lowest BCUT2D eigenvalue weighted by Gasteiger charge is -2.11. The smallest absolute Gasteiger partial charge is 0.191 e. The fourth-order valence-corrected chi connectivity index (χ4v) is 2.57. The number of rotatable bonds is 10. The molecule has 0 radical (unpaired) electrons. The van der Waals surface area contributed by atoms with E-state index in [-0.39, 0.29) is 0 Å². The molecular formula is C15H28N4O2S. The molecule has 22 heavy (non-hydrogen) atoms. The predicted octanol–water partition coefficient (Wildman–Crippen LogP) is 1.98. The summed E-state index contributed by atoms with van der Waals surface area (Å²) in [5.74, 6) is 1.26. The maximum absolute atomic E-state index is 5.41. The van der Waals surface area contributed by atoms with Gasteiger partial charge in [0.25, 0.3) is 0 Å². The number of aliphatic imine (C=N–C) groups is 1. The van der Waals surface area contributed by atoms with Crippen molar-refractivity contribution < 1.29 is 9.47 Å². The van der Waals surface area contributed by atoms with E-state index in [9.17, 15) is 0 Å². The number of nitrogens with one attached hydrogen (secondary N) is 2. The fraction of sp³-hybridized carbons (Fsp3) is 0.733. The van der Waals surface area contributed by atoms with E-state index < -0.39 is 0 Å². The molecule has 0 atom stereocenters. The molecule has 7 heteroatoms. The number of aromatic nitrogens is 1. The minimum atomic E-state index is 0.473. The van der Waals surface area contributed by atoms with E-state index in [1.807, 2.05) is 0 Å². The highest BCUT2D eigenvalue weighted by Crippen LogP contribution is 2.17. The molecule has 0 aromatic carbocycles. The minimum absolute atomic E-state index is 0.473. The van der Waals surface area contributed by atoms with Crippen molar-refractivity contribution in [3.63, 3.8) is 0 Å². The number of hydrogen-bond donors (Lipinski definition) is 2. The zero-order chi connectivity index (χ0) is 16.2. The summed E-state index contributed by atoms with van der Waals surface area (Å²) < 4.78 is 10.3. The first kappa shape index (κ1) is 18.9. The maximum atomic E-state index is 5.41. The molecular weight excluding hydrogens is 300 g/mol. The van der Waals surface area contributed by atoms with Gasteiger partial charge in [0, 0.05) is 32.7 Å². The Hall–Kier alpha value is -1.18. The lowest BCUT2D eigenvalue weighted by molar-refractivity contribution is 0.0698. The molecule has 0 amide bonds. The van der Waals surface area contributed by atoms with Crippen molar-refractivity contribution >= 4 is 17.3 Å². The SMILES string of the molecule is CN=C(NCCCOCCOC)NCc1nc(C(C)C)cs1. The number of ether oxygens (including phenoxy) is 2. The topological polar surface area (TPSA) is 67.8 Å². The summed E-state index contributed by atoms with van der Waals surface area (Å²) in [6.07, 6.45) is 0.930. The van der Waals surface area contributed by atoms with Crippen molar-refractivity contribution in [2.75, 3.05) is 40.5 Å². The molecule has 0 fully saturated rings. The van der Waals surface area contributed by atoms with E-state index in [1.165, 1.54) is 0 Å². The second kappa shape index (κ2) is 11.4. The van der Waals surface area contributed by atoms with Crippen LogP contribution in [0.2, 0.25) is 0 Å². The van der Waals surface area contributed by atoms with E-state index >= 15 is 0 Å². The molecule has 0 saturated heterocycles. The van der Waals surface area contributed by atoms with Gasteiger partial charge in [0.15, 0.2) is 5.96 Å². The third-order valence-corrected chi connectivity index (χ3v) is 3.85. The van der Waals surface area contributed by atoms with Crippen molar-refractivity contribution in [2.24, 2.45) is 4.99 Å². The van der Waals surface area contributed by atoms with Gasteiger partial charge < -0.3 is 20.1 Å². The number of methoxy groups -OCH3 is 1. The van der Waals surface area contributed by atoms with Crippen LogP contribution >= 0.6 is 11.3 Å². The highest BCUT2D eigenvalue weighted by Gasteiger charge is 2.06. The average molecular weight is 328 g/mol. The van der Waals surface area contributed by atoms with Crippen LogP contribution in [0.1, 0.15) is 36.9 Å². The Bertz CT molecular complexity index is 435. The lowest BCUT2D eigenvalue weighted by Crippen LogP contribution is -2.37. The Morgan fingerprint density at radius 2 is 2.14 bits per heavy atom. The Labute approximate surface area is 137 Å². The summed E-state index contributed by atoms with van der Waals surface area (Å²) in [5.41, 5.74) is 1.15. The molecule has 0 aliphatic rings. The van der Waals surface area contributed by atoms with Gasteiger partial charge in [-0.25, -0.2) is 4.98 Å². The molecule has 0 spiro atoms. The van der Waals surface area contributed by atoms with Gasteiger partial charge in [0.1, 0.15) is 5.01 Å². The van der Waals surface area contributed by atoms with E-state index in [1.54, 1.807) is 25.5 Å². The van der Waals surface area contributed by atoms with Gasteiger partial charge in [-0.1, -0.05) is 13.8 Å². The molecule has 1 heterocycles. The van der Waals surface area contributed by atoms with Crippen LogP contribution in [0, 0.1) is 0 Å². The van der Waals surface area contributed by atoms with E-state index in [0.717, 1.165) is 36.2 Å². The average Bonchev–Trinajstić information content (AvgIpc) is 2.98. The molecule has 1 aromatic heterocycles. The van der Waals surface area contributed by atoms with Crippen LogP contribution in [-0.2, 0) is 16.0 Å². The second-order valence-corrected chi connectivity index (χ2v) is 6.07. The molecule has 126 valence electrons. The van der Waals surface area contributed by atoms with Crippen LogP contribution < -0.4 is 10.6 Å². The van der Waals surface area contributed by atoms with Crippen molar-refractivity contribution in [1.29, 1.82) is 0 Å². The summed E-state index contributed by atoms with van der Waals surface area (Å²) in [4.78, 5) is 8.80. The summed E-state index contributed by atoms with van der Waals surface area (Å²) in [6, 6.07) is 0. The molecule has 2 N–H and O–H groups in total. The number of nitrogens with zero attached hydrogens (tertiary/aromatic N) is 2. The van der Waals surface area contributed by atoms with Gasteiger partial charge in [0.2, 0.25) is 0 Å². The van der Waals surface area contributed by atoms with Gasteiger partial charge in [-0.2, -0.15) is 0 Å². The largest absolute Gasteiger partial charge is 0.382 e. The predicted molar refractivity (Wildman–Crippen MR) is 91.7 cm³/mol. The Balaban J connectivity index is 2.16. The molecule has 6 nitrogen and oxygen atoms in total. The summed E-state index contributed by atoms with van der Waals surface area (Å²) in [6.45, 7) is 7.83. The zero-order valence-corrected chi connectivity index (χ0v) is 14.8. The van der Waals surface area contributed by atoms with Crippen molar-refractivity contribution in [1.82, 2.24) is 15.6 Å². The first-order chi connectivity index (χ1) is 10.7. The Kier molecular flexibility index (Phi) is 9.77. The second-order valence-electron chi connectivity index (χ2n) is 5.13. The molecule has 0 bridgehead atoms. The van der Waals surface area contributed by atoms with Crippen molar-refractivity contribution in [2.45, 2.75) is 32.7 Å². The van der Waals surface area contributed by atoms with Gasteiger partial charge in [-0.3, -0.25) is 4.99 Å². The highest BCUT2D eigenvalue weighted by atomic mass is 32.1. The summed E-state index contributed by atoms with van der Waals surface area (Å²) in [7, 11) is 3.44. The fourth-order valence-electron chi connectivity index (χ4n) is 1.68. The maximum Gasteiger partial charge on any atom is 0.191 e. The molecule has 0 aliphatic heterocycles. The van der Waals surface area contributed by atoms with Gasteiger partial charge in [-0.05, 0) is 12.3 Å². The van der Waals surface area contributed by atoms with Crippen LogP contribution in [-0.4, -0.2) is 51.5 Å².